The zero-order valence-electron chi connectivity index (χ0n) is 11.4. The summed E-state index contributed by atoms with van der Waals surface area (Å²) in [6.07, 6.45) is -0.499. The normalized spacial score (nSPS) is 11.1. The fraction of sp³-hybridized carbons (Fsp3) is 0.267. The standard InChI is InChI=1S/C15H18N2O2/c1-15(2,3)19-14(18)17-16-13-9-8-11-6-4-5-7-12(11)10-13/h4-10,16H,1-3H3,(H,17,18). The van der Waals surface area contributed by atoms with Crippen molar-refractivity contribution in [3.05, 3.63) is 42.5 Å². The monoisotopic (exact) mass is 258 g/mol. The number of benzene rings is 2. The largest absolute Gasteiger partial charge is 0.443 e. The molecule has 0 fully saturated rings. The van der Waals surface area contributed by atoms with E-state index in [-0.39, 0.29) is 0 Å². The molecular formula is C15H18N2O2. The summed E-state index contributed by atoms with van der Waals surface area (Å²) in [7, 11) is 0. The number of fused-ring (bicyclic) bond motifs is 1. The zero-order valence-corrected chi connectivity index (χ0v) is 11.4. The smallest absolute Gasteiger partial charge is 0.426 e. The van der Waals surface area contributed by atoms with Crippen LogP contribution in [-0.2, 0) is 4.74 Å². The molecule has 100 valence electrons. The first-order valence-corrected chi connectivity index (χ1v) is 6.18. The number of nitrogens with one attached hydrogen (secondary N) is 2. The number of rotatable bonds is 2. The van der Waals surface area contributed by atoms with E-state index in [1.54, 1.807) is 0 Å². The molecule has 0 heterocycles. The van der Waals surface area contributed by atoms with Crippen LogP contribution >= 0.6 is 0 Å². The molecule has 0 unspecified atom stereocenters. The molecular weight excluding hydrogens is 240 g/mol. The van der Waals surface area contributed by atoms with Gasteiger partial charge in [0.25, 0.3) is 0 Å². The van der Waals surface area contributed by atoms with Gasteiger partial charge in [-0.2, -0.15) is 0 Å². The van der Waals surface area contributed by atoms with Gasteiger partial charge in [-0.25, -0.2) is 10.2 Å². The van der Waals surface area contributed by atoms with Gasteiger partial charge in [0, 0.05) is 0 Å². The molecule has 0 aliphatic carbocycles. The maximum atomic E-state index is 11.5. The molecule has 4 nitrogen and oxygen atoms in total. The number of carbonyl (C=O) groups excluding carboxylic acids is 1. The van der Waals surface area contributed by atoms with Crippen LogP contribution in [0.25, 0.3) is 10.8 Å². The molecule has 0 aliphatic heterocycles. The summed E-state index contributed by atoms with van der Waals surface area (Å²) >= 11 is 0. The number of hydrogen-bond acceptors (Lipinski definition) is 3. The number of hydrazine groups is 1. The number of carbonyl (C=O) groups is 1. The van der Waals surface area contributed by atoms with Gasteiger partial charge in [-0.05, 0) is 43.7 Å². The summed E-state index contributed by atoms with van der Waals surface area (Å²) in [6, 6.07) is 13.9. The van der Waals surface area contributed by atoms with Crippen molar-refractivity contribution < 1.29 is 9.53 Å². The lowest BCUT2D eigenvalue weighted by Crippen LogP contribution is -2.35. The highest BCUT2D eigenvalue weighted by molar-refractivity contribution is 5.85. The van der Waals surface area contributed by atoms with Crippen molar-refractivity contribution in [2.24, 2.45) is 0 Å². The van der Waals surface area contributed by atoms with Gasteiger partial charge in [-0.15, -0.1) is 0 Å². The van der Waals surface area contributed by atoms with E-state index in [0.717, 1.165) is 16.5 Å². The van der Waals surface area contributed by atoms with Gasteiger partial charge in [0.15, 0.2) is 0 Å². The van der Waals surface area contributed by atoms with E-state index >= 15 is 0 Å². The molecule has 0 bridgehead atoms. The highest BCUT2D eigenvalue weighted by Crippen LogP contribution is 2.18. The minimum Gasteiger partial charge on any atom is -0.443 e. The van der Waals surface area contributed by atoms with Crippen LogP contribution in [0.3, 0.4) is 0 Å². The Kier molecular flexibility index (Phi) is 3.60. The van der Waals surface area contributed by atoms with Gasteiger partial charge < -0.3 is 4.74 Å². The molecule has 2 N–H and O–H groups in total. The number of ether oxygens (including phenoxy) is 1. The Morgan fingerprint density at radius 1 is 1.05 bits per heavy atom. The highest BCUT2D eigenvalue weighted by Gasteiger charge is 2.15. The lowest BCUT2D eigenvalue weighted by Gasteiger charge is -2.20. The Bertz CT molecular complexity index is 588. The molecule has 2 rings (SSSR count). The highest BCUT2D eigenvalue weighted by atomic mass is 16.6. The van der Waals surface area contributed by atoms with Crippen molar-refractivity contribution in [2.45, 2.75) is 26.4 Å². The second kappa shape index (κ2) is 5.18. The van der Waals surface area contributed by atoms with Crippen molar-refractivity contribution in [2.75, 3.05) is 5.43 Å². The first-order chi connectivity index (χ1) is 8.94. The molecule has 0 saturated heterocycles. The Hall–Kier alpha value is -2.23. The molecule has 0 saturated carbocycles. The van der Waals surface area contributed by atoms with Crippen LogP contribution in [0, 0.1) is 0 Å². The molecule has 4 heteroatoms. The van der Waals surface area contributed by atoms with E-state index in [1.807, 2.05) is 63.2 Å². The average molecular weight is 258 g/mol. The second-order valence-corrected chi connectivity index (χ2v) is 5.31. The summed E-state index contributed by atoms with van der Waals surface area (Å²) in [6.45, 7) is 5.47. The minimum absolute atomic E-state index is 0.499. The fourth-order valence-corrected chi connectivity index (χ4v) is 1.69. The third-order valence-corrected chi connectivity index (χ3v) is 2.46. The topological polar surface area (TPSA) is 50.4 Å². The van der Waals surface area contributed by atoms with Crippen molar-refractivity contribution in [1.82, 2.24) is 5.43 Å². The van der Waals surface area contributed by atoms with Gasteiger partial charge in [-0.1, -0.05) is 30.3 Å². The number of anilines is 1. The van der Waals surface area contributed by atoms with E-state index in [2.05, 4.69) is 10.9 Å². The van der Waals surface area contributed by atoms with Crippen LogP contribution < -0.4 is 10.9 Å². The van der Waals surface area contributed by atoms with Crippen molar-refractivity contribution in [3.63, 3.8) is 0 Å². The predicted molar refractivity (Wildman–Crippen MR) is 76.9 cm³/mol. The summed E-state index contributed by atoms with van der Waals surface area (Å²) in [4.78, 5) is 11.5. The third-order valence-electron chi connectivity index (χ3n) is 2.46. The van der Waals surface area contributed by atoms with E-state index in [0.29, 0.717) is 0 Å². The Morgan fingerprint density at radius 2 is 1.74 bits per heavy atom. The van der Waals surface area contributed by atoms with Crippen molar-refractivity contribution >= 4 is 22.6 Å². The second-order valence-electron chi connectivity index (χ2n) is 5.31. The first kappa shape index (κ1) is 13.2. The Labute approximate surface area is 112 Å². The van der Waals surface area contributed by atoms with Gasteiger partial charge in [0.1, 0.15) is 5.60 Å². The van der Waals surface area contributed by atoms with Crippen molar-refractivity contribution in [3.8, 4) is 0 Å². The summed E-state index contributed by atoms with van der Waals surface area (Å²) in [5.41, 5.74) is 5.65. The van der Waals surface area contributed by atoms with Crippen molar-refractivity contribution in [1.29, 1.82) is 0 Å². The molecule has 0 atom stereocenters. The third kappa shape index (κ3) is 3.88. The molecule has 2 aromatic carbocycles. The molecule has 0 aliphatic rings. The molecule has 1 amide bonds. The first-order valence-electron chi connectivity index (χ1n) is 6.18. The predicted octanol–water partition coefficient (Wildman–Crippen LogP) is 3.69. The summed E-state index contributed by atoms with van der Waals surface area (Å²) in [5, 5.41) is 2.27. The van der Waals surface area contributed by atoms with Gasteiger partial charge >= 0.3 is 6.09 Å². The van der Waals surface area contributed by atoms with Crippen LogP contribution in [0.4, 0.5) is 10.5 Å². The summed E-state index contributed by atoms with van der Waals surface area (Å²) in [5.74, 6) is 0. The Balaban J connectivity index is 2.00. The molecule has 19 heavy (non-hydrogen) atoms. The molecule has 2 aromatic rings. The van der Waals surface area contributed by atoms with Crippen LogP contribution in [0.2, 0.25) is 0 Å². The Morgan fingerprint density at radius 3 is 2.42 bits per heavy atom. The minimum atomic E-state index is -0.505. The number of amides is 1. The zero-order chi connectivity index (χ0) is 13.9. The van der Waals surface area contributed by atoms with E-state index < -0.39 is 11.7 Å². The van der Waals surface area contributed by atoms with E-state index in [1.165, 1.54) is 0 Å². The van der Waals surface area contributed by atoms with Crippen LogP contribution in [0.5, 0.6) is 0 Å². The van der Waals surface area contributed by atoms with Gasteiger partial charge in [-0.3, -0.25) is 5.43 Å². The maximum absolute atomic E-state index is 11.5. The van der Waals surface area contributed by atoms with Crippen LogP contribution in [0.15, 0.2) is 42.5 Å². The lowest BCUT2D eigenvalue weighted by atomic mass is 10.1. The fourth-order valence-electron chi connectivity index (χ4n) is 1.69. The average Bonchev–Trinajstić information content (AvgIpc) is 2.34. The van der Waals surface area contributed by atoms with Crippen LogP contribution in [-0.4, -0.2) is 11.7 Å². The van der Waals surface area contributed by atoms with E-state index in [4.69, 9.17) is 4.74 Å². The SMILES string of the molecule is CC(C)(C)OC(=O)NNc1ccc2ccccc2c1. The van der Waals surface area contributed by atoms with Crippen LogP contribution in [0.1, 0.15) is 20.8 Å². The quantitative estimate of drug-likeness (QED) is 0.808. The maximum Gasteiger partial charge on any atom is 0.426 e. The molecule has 0 spiro atoms. The number of hydrogen-bond donors (Lipinski definition) is 2. The van der Waals surface area contributed by atoms with E-state index in [9.17, 15) is 4.79 Å². The lowest BCUT2D eigenvalue weighted by molar-refractivity contribution is 0.0541. The molecule has 0 radical (unpaired) electrons. The van der Waals surface area contributed by atoms with Gasteiger partial charge in [0.05, 0.1) is 5.69 Å². The van der Waals surface area contributed by atoms with Gasteiger partial charge in [0.2, 0.25) is 0 Å². The molecule has 0 aromatic heterocycles. The summed E-state index contributed by atoms with van der Waals surface area (Å²) < 4.78 is 5.13.